The average Bonchev–Trinajstić information content (AvgIpc) is 2.85. The van der Waals surface area contributed by atoms with E-state index in [9.17, 15) is 9.59 Å². The van der Waals surface area contributed by atoms with Crippen LogP contribution in [0, 0.1) is 0 Å². The van der Waals surface area contributed by atoms with Crippen LogP contribution in [0.4, 0.5) is 5.13 Å². The van der Waals surface area contributed by atoms with E-state index in [2.05, 4.69) is 14.5 Å². The first kappa shape index (κ1) is 16.8. The van der Waals surface area contributed by atoms with Crippen molar-refractivity contribution in [3.8, 4) is 0 Å². The van der Waals surface area contributed by atoms with E-state index in [1.807, 2.05) is 6.92 Å². The Bertz CT molecular complexity index is 530. The molecule has 0 bridgehead atoms. The Kier molecular flexibility index (Phi) is 6.53. The minimum absolute atomic E-state index is 0.103. The third-order valence-electron chi connectivity index (χ3n) is 2.23. The number of carboxylic acid groups (broad SMARTS) is 1. The number of carbonyl (C=O) groups excluding carboxylic acids is 1. The molecular weight excluding hydrogens is 300 g/mol. The normalized spacial score (nSPS) is 12.8. The van der Waals surface area contributed by atoms with E-state index in [0.29, 0.717) is 0 Å². The molecule has 3 N–H and O–H groups in total. The van der Waals surface area contributed by atoms with Gasteiger partial charge in [0.2, 0.25) is 17.6 Å². The molecule has 1 atom stereocenters. The zero-order valence-corrected chi connectivity index (χ0v) is 12.4. The Morgan fingerprint density at radius 1 is 1.52 bits per heavy atom. The number of carboxylic acids is 1. The zero-order valence-electron chi connectivity index (χ0n) is 11.6. The summed E-state index contributed by atoms with van der Waals surface area (Å²) in [6.07, 6.45) is 0.595. The standard InChI is InChI=1S/C11H16N4O5S/c1-3-4-5-19-10(18)6(2)20-14-7(9(16)17)8-13-11(12)21-15-8/h6H,3-5H2,1-2H3,(H,16,17)(H2,12,13,15)/b14-7+. The average molecular weight is 316 g/mol. The lowest BCUT2D eigenvalue weighted by atomic mass is 10.3. The molecule has 0 aliphatic carbocycles. The van der Waals surface area contributed by atoms with Crippen LogP contribution < -0.4 is 5.73 Å². The third-order valence-corrected chi connectivity index (χ3v) is 2.77. The van der Waals surface area contributed by atoms with Gasteiger partial charge in [0.15, 0.2) is 5.13 Å². The van der Waals surface area contributed by atoms with Crippen LogP contribution in [0.3, 0.4) is 0 Å². The Hall–Kier alpha value is -2.23. The maximum atomic E-state index is 11.5. The second kappa shape index (κ2) is 8.15. The smallest absolute Gasteiger partial charge is 0.362 e. The van der Waals surface area contributed by atoms with E-state index in [4.69, 9.17) is 20.4 Å². The van der Waals surface area contributed by atoms with E-state index >= 15 is 0 Å². The SMILES string of the molecule is CCCCOC(=O)C(C)O/N=C(/C(=O)O)c1nsc(N)n1. The molecule has 0 fully saturated rings. The van der Waals surface area contributed by atoms with Crippen molar-refractivity contribution in [2.45, 2.75) is 32.8 Å². The van der Waals surface area contributed by atoms with Crippen LogP contribution in [0.15, 0.2) is 5.16 Å². The summed E-state index contributed by atoms with van der Waals surface area (Å²) in [5.41, 5.74) is 4.84. The number of oxime groups is 1. The molecule has 10 heteroatoms. The molecule has 21 heavy (non-hydrogen) atoms. The molecule has 1 rings (SSSR count). The second-order valence-electron chi connectivity index (χ2n) is 3.97. The molecule has 1 aromatic heterocycles. The van der Waals surface area contributed by atoms with Crippen LogP contribution in [0.1, 0.15) is 32.5 Å². The van der Waals surface area contributed by atoms with Crippen LogP contribution in [0.5, 0.6) is 0 Å². The zero-order chi connectivity index (χ0) is 15.8. The maximum absolute atomic E-state index is 11.5. The van der Waals surface area contributed by atoms with Gasteiger partial charge in [0, 0.05) is 11.5 Å². The molecular formula is C11H16N4O5S. The summed E-state index contributed by atoms with van der Waals surface area (Å²) in [6.45, 7) is 3.65. The first-order chi connectivity index (χ1) is 9.95. The van der Waals surface area contributed by atoms with E-state index in [0.717, 1.165) is 24.4 Å². The minimum atomic E-state index is -1.39. The monoisotopic (exact) mass is 316 g/mol. The molecule has 0 aliphatic heterocycles. The van der Waals surface area contributed by atoms with Crippen molar-refractivity contribution in [2.24, 2.45) is 5.16 Å². The van der Waals surface area contributed by atoms with Gasteiger partial charge in [0.1, 0.15) is 0 Å². The number of nitrogens with two attached hydrogens (primary N) is 1. The number of anilines is 1. The molecule has 0 saturated carbocycles. The molecule has 0 spiro atoms. The fraction of sp³-hybridized carbons (Fsp3) is 0.545. The lowest BCUT2D eigenvalue weighted by molar-refractivity contribution is -0.156. The van der Waals surface area contributed by atoms with Gasteiger partial charge in [-0.25, -0.2) is 9.59 Å². The summed E-state index contributed by atoms with van der Waals surface area (Å²) in [5.74, 6) is -2.18. The predicted octanol–water partition coefficient (Wildman–Crippen LogP) is 0.657. The van der Waals surface area contributed by atoms with E-state index in [1.54, 1.807) is 0 Å². The topological polar surface area (TPSA) is 137 Å². The summed E-state index contributed by atoms with van der Waals surface area (Å²) >= 11 is 0.830. The number of hydrogen-bond acceptors (Lipinski definition) is 9. The van der Waals surface area contributed by atoms with Gasteiger partial charge in [-0.15, -0.1) is 0 Å². The Balaban J connectivity index is 2.66. The van der Waals surface area contributed by atoms with Crippen LogP contribution >= 0.6 is 11.5 Å². The lowest BCUT2D eigenvalue weighted by Crippen LogP contribution is -2.24. The van der Waals surface area contributed by atoms with Crippen molar-refractivity contribution < 1.29 is 24.3 Å². The fourth-order valence-electron chi connectivity index (χ4n) is 1.12. The van der Waals surface area contributed by atoms with Crippen LogP contribution in [-0.2, 0) is 19.2 Å². The number of carbonyl (C=O) groups is 2. The number of hydrogen-bond donors (Lipinski definition) is 2. The third kappa shape index (κ3) is 5.34. The highest BCUT2D eigenvalue weighted by Gasteiger charge is 2.21. The molecule has 0 aliphatic rings. The summed E-state index contributed by atoms with van der Waals surface area (Å²) in [7, 11) is 0. The highest BCUT2D eigenvalue weighted by Crippen LogP contribution is 2.08. The fourth-order valence-corrected chi connectivity index (χ4v) is 1.55. The molecule has 0 radical (unpaired) electrons. The van der Waals surface area contributed by atoms with Crippen molar-refractivity contribution in [3.63, 3.8) is 0 Å². The molecule has 0 amide bonds. The predicted molar refractivity (Wildman–Crippen MR) is 74.9 cm³/mol. The number of rotatable bonds is 8. The molecule has 9 nitrogen and oxygen atoms in total. The van der Waals surface area contributed by atoms with Crippen molar-refractivity contribution in [1.29, 1.82) is 0 Å². The molecule has 1 unspecified atom stereocenters. The van der Waals surface area contributed by atoms with Crippen LogP contribution in [0.25, 0.3) is 0 Å². The summed E-state index contributed by atoms with van der Waals surface area (Å²) in [5, 5.41) is 12.5. The molecule has 0 aromatic carbocycles. The highest BCUT2D eigenvalue weighted by molar-refractivity contribution is 7.09. The quantitative estimate of drug-likeness (QED) is 0.309. The molecule has 1 aromatic rings. The molecule has 0 saturated heterocycles. The van der Waals surface area contributed by atoms with Gasteiger partial charge in [-0.05, 0) is 13.3 Å². The van der Waals surface area contributed by atoms with Crippen molar-refractivity contribution in [3.05, 3.63) is 5.82 Å². The van der Waals surface area contributed by atoms with Gasteiger partial charge in [-0.3, -0.25) is 0 Å². The Morgan fingerprint density at radius 2 is 2.24 bits per heavy atom. The largest absolute Gasteiger partial charge is 0.476 e. The van der Waals surface area contributed by atoms with E-state index < -0.39 is 23.8 Å². The van der Waals surface area contributed by atoms with Gasteiger partial charge in [-0.2, -0.15) is 9.36 Å². The van der Waals surface area contributed by atoms with E-state index in [1.165, 1.54) is 6.92 Å². The highest BCUT2D eigenvalue weighted by atomic mass is 32.1. The first-order valence-corrected chi connectivity index (χ1v) is 6.96. The van der Waals surface area contributed by atoms with Gasteiger partial charge in [0.25, 0.3) is 0 Å². The van der Waals surface area contributed by atoms with E-state index in [-0.39, 0.29) is 17.6 Å². The number of aliphatic carboxylic acids is 1. The second-order valence-corrected chi connectivity index (χ2v) is 4.75. The lowest BCUT2D eigenvalue weighted by Gasteiger charge is -2.09. The van der Waals surface area contributed by atoms with Crippen molar-refractivity contribution >= 4 is 34.3 Å². The Morgan fingerprint density at radius 3 is 2.76 bits per heavy atom. The minimum Gasteiger partial charge on any atom is -0.476 e. The summed E-state index contributed by atoms with van der Waals surface area (Å²) in [4.78, 5) is 31.1. The number of aromatic nitrogens is 2. The number of nitrogens with zero attached hydrogens (tertiary/aromatic N) is 3. The number of ether oxygens (including phenoxy) is 1. The van der Waals surface area contributed by atoms with Crippen molar-refractivity contribution in [1.82, 2.24) is 9.36 Å². The van der Waals surface area contributed by atoms with Gasteiger partial charge >= 0.3 is 11.9 Å². The summed E-state index contributed by atoms with van der Waals surface area (Å²) in [6, 6.07) is 0. The van der Waals surface area contributed by atoms with Gasteiger partial charge in [0.05, 0.1) is 6.61 Å². The first-order valence-electron chi connectivity index (χ1n) is 6.19. The number of esters is 1. The van der Waals surface area contributed by atoms with Gasteiger partial charge < -0.3 is 20.4 Å². The Labute approximate surface area is 124 Å². The molecule has 116 valence electrons. The van der Waals surface area contributed by atoms with Crippen LogP contribution in [-0.4, -0.2) is 44.8 Å². The summed E-state index contributed by atoms with van der Waals surface area (Å²) < 4.78 is 8.64. The number of unbranched alkanes of at least 4 members (excludes halogenated alkanes) is 1. The van der Waals surface area contributed by atoms with Gasteiger partial charge in [-0.1, -0.05) is 18.5 Å². The van der Waals surface area contributed by atoms with Crippen LogP contribution in [0.2, 0.25) is 0 Å². The number of nitrogen functional groups attached to an aromatic ring is 1. The molecule has 1 heterocycles. The maximum Gasteiger partial charge on any atom is 0.362 e. The van der Waals surface area contributed by atoms with Crippen molar-refractivity contribution in [2.75, 3.05) is 12.3 Å².